The van der Waals surface area contributed by atoms with Crippen LogP contribution in [-0.2, 0) is 10.3 Å². The van der Waals surface area contributed by atoms with Crippen LogP contribution in [0.25, 0.3) is 17.5 Å². The molecule has 0 saturated carbocycles. The number of rotatable bonds is 4. The minimum atomic E-state index is -0.956. The fraction of sp³-hybridized carbons (Fsp3) is 0.182. The maximum atomic E-state index is 13.8. The van der Waals surface area contributed by atoms with Crippen molar-refractivity contribution in [3.8, 4) is 11.3 Å². The minimum Gasteiger partial charge on any atom is -0.322 e. The lowest BCUT2D eigenvalue weighted by atomic mass is 10.0. The number of imidazole rings is 1. The predicted octanol–water partition coefficient (Wildman–Crippen LogP) is 4.58. The van der Waals surface area contributed by atoms with Gasteiger partial charge in [0.05, 0.1) is 6.54 Å². The molecule has 0 atom stereocenters. The molecule has 1 aliphatic rings. The van der Waals surface area contributed by atoms with E-state index in [4.69, 9.17) is 10.7 Å². The first-order valence-electron chi connectivity index (χ1n) is 9.44. The summed E-state index contributed by atoms with van der Waals surface area (Å²) in [6, 6.07) is 9.48. The maximum Gasteiger partial charge on any atom is 0.241 e. The zero-order valence-electron chi connectivity index (χ0n) is 16.8. The molecular weight excluding hydrogens is 425 g/mol. The third kappa shape index (κ3) is 3.75. The van der Waals surface area contributed by atoms with Gasteiger partial charge in [0, 0.05) is 22.9 Å². The third-order valence-electron chi connectivity index (χ3n) is 5.05. The van der Waals surface area contributed by atoms with E-state index in [9.17, 15) is 18.0 Å². The summed E-state index contributed by atoms with van der Waals surface area (Å²) in [4.78, 5) is 19.1. The van der Waals surface area contributed by atoms with Crippen LogP contribution in [0.5, 0.6) is 0 Å². The first-order valence-corrected chi connectivity index (χ1v) is 10.3. The van der Waals surface area contributed by atoms with Crippen molar-refractivity contribution in [1.82, 2.24) is 14.5 Å². The normalized spacial score (nSPS) is 14.6. The van der Waals surface area contributed by atoms with E-state index in [1.807, 2.05) is 13.8 Å². The van der Waals surface area contributed by atoms with Gasteiger partial charge in [0.25, 0.3) is 0 Å². The zero-order valence-corrected chi connectivity index (χ0v) is 17.6. The highest BCUT2D eigenvalue weighted by Gasteiger charge is 2.39. The van der Waals surface area contributed by atoms with Gasteiger partial charge in [0.1, 0.15) is 27.9 Å². The van der Waals surface area contributed by atoms with Crippen LogP contribution in [0.2, 0.25) is 0 Å². The molecule has 1 aromatic heterocycles. The van der Waals surface area contributed by atoms with Crippen LogP contribution in [-0.4, -0.2) is 26.9 Å². The third-order valence-corrected chi connectivity index (χ3v) is 6.12. The molecule has 0 spiro atoms. The molecule has 2 heterocycles. The monoisotopic (exact) mass is 444 g/mol. The minimum absolute atomic E-state index is 0.157. The van der Waals surface area contributed by atoms with Crippen LogP contribution < -0.4 is 5.73 Å². The van der Waals surface area contributed by atoms with Crippen molar-refractivity contribution in [2.24, 2.45) is 5.73 Å². The Morgan fingerprint density at radius 3 is 2.42 bits per heavy atom. The number of nitrogens with zero attached hydrogens (tertiary/aromatic N) is 3. The summed E-state index contributed by atoms with van der Waals surface area (Å²) in [6.07, 6.45) is 3.30. The van der Waals surface area contributed by atoms with E-state index in [-0.39, 0.29) is 18.3 Å². The van der Waals surface area contributed by atoms with Gasteiger partial charge in [-0.1, -0.05) is 11.8 Å². The van der Waals surface area contributed by atoms with Crippen molar-refractivity contribution in [1.29, 1.82) is 0 Å². The molecule has 9 heteroatoms. The average Bonchev–Trinajstić information content (AvgIpc) is 3.10. The van der Waals surface area contributed by atoms with Crippen molar-refractivity contribution in [2.45, 2.75) is 29.3 Å². The van der Waals surface area contributed by atoms with Crippen molar-refractivity contribution in [3.63, 3.8) is 0 Å². The molecule has 0 saturated heterocycles. The standard InChI is InChI=1S/C22H19F3N4OS/c1-22(2)21-27-19(13-3-5-14(23)6-4-13)20(28(21)9-10-29(22)18(30)12-26)31-15-7-8-16(24)17(25)11-15/h3-11H,12,26H2,1-2H3. The first-order chi connectivity index (χ1) is 14.7. The molecule has 160 valence electrons. The summed E-state index contributed by atoms with van der Waals surface area (Å²) in [5.41, 5.74) is 5.91. The average molecular weight is 444 g/mol. The number of hydrogen-bond donors (Lipinski definition) is 1. The van der Waals surface area contributed by atoms with Gasteiger partial charge in [-0.15, -0.1) is 0 Å². The molecule has 1 aliphatic heterocycles. The predicted molar refractivity (Wildman–Crippen MR) is 112 cm³/mol. The van der Waals surface area contributed by atoms with E-state index in [1.165, 1.54) is 34.9 Å². The van der Waals surface area contributed by atoms with Gasteiger partial charge < -0.3 is 10.6 Å². The number of halogens is 3. The first kappa shape index (κ1) is 21.2. The van der Waals surface area contributed by atoms with Crippen LogP contribution in [0.1, 0.15) is 19.7 Å². The molecule has 31 heavy (non-hydrogen) atoms. The summed E-state index contributed by atoms with van der Waals surface area (Å²) in [6.45, 7) is 3.52. The van der Waals surface area contributed by atoms with Gasteiger partial charge in [-0.3, -0.25) is 9.36 Å². The maximum absolute atomic E-state index is 13.8. The number of hydrogen-bond acceptors (Lipinski definition) is 4. The Bertz CT molecular complexity index is 1190. The van der Waals surface area contributed by atoms with E-state index in [2.05, 4.69) is 0 Å². The SMILES string of the molecule is CC1(C)c2nc(-c3ccc(F)cc3)c(Sc3ccc(F)c(F)c3)n2C=CN1C(=O)CN. The fourth-order valence-corrected chi connectivity index (χ4v) is 4.48. The molecule has 5 nitrogen and oxygen atoms in total. The Hall–Kier alpha value is -3.04. The van der Waals surface area contributed by atoms with E-state index >= 15 is 0 Å². The van der Waals surface area contributed by atoms with Crippen LogP contribution in [0.3, 0.4) is 0 Å². The zero-order chi connectivity index (χ0) is 22.3. The molecule has 0 aliphatic carbocycles. The van der Waals surface area contributed by atoms with Crippen molar-refractivity contribution >= 4 is 23.9 Å². The number of nitrogens with two attached hydrogens (primary N) is 1. The molecule has 0 radical (unpaired) electrons. The lowest BCUT2D eigenvalue weighted by molar-refractivity contribution is -0.132. The summed E-state index contributed by atoms with van der Waals surface area (Å²) < 4.78 is 42.5. The second kappa shape index (κ2) is 7.90. The number of carbonyl (C=O) groups excluding carboxylic acids is 1. The second-order valence-electron chi connectivity index (χ2n) is 7.47. The Balaban J connectivity index is 1.88. The topological polar surface area (TPSA) is 64.2 Å². The summed E-state index contributed by atoms with van der Waals surface area (Å²) in [7, 11) is 0. The molecular formula is C22H19F3N4OS. The molecule has 4 rings (SSSR count). The second-order valence-corrected chi connectivity index (χ2v) is 8.53. The number of aromatic nitrogens is 2. The fourth-order valence-electron chi connectivity index (χ4n) is 3.45. The molecule has 2 aromatic carbocycles. The molecule has 2 N–H and O–H groups in total. The molecule has 3 aromatic rings. The molecule has 0 bridgehead atoms. The molecule has 0 unspecified atom stereocenters. The highest BCUT2D eigenvalue weighted by atomic mass is 32.2. The van der Waals surface area contributed by atoms with Crippen LogP contribution in [0, 0.1) is 17.5 Å². The highest BCUT2D eigenvalue weighted by Crippen LogP contribution is 2.42. The number of carbonyl (C=O) groups is 1. The van der Waals surface area contributed by atoms with Crippen LogP contribution in [0.4, 0.5) is 13.2 Å². The Morgan fingerprint density at radius 2 is 1.77 bits per heavy atom. The van der Waals surface area contributed by atoms with E-state index < -0.39 is 17.2 Å². The summed E-state index contributed by atoms with van der Waals surface area (Å²) in [5.74, 6) is -1.99. The van der Waals surface area contributed by atoms with Crippen molar-refractivity contribution in [2.75, 3.05) is 6.54 Å². The summed E-state index contributed by atoms with van der Waals surface area (Å²) in [5, 5.41) is 0.622. The van der Waals surface area contributed by atoms with Gasteiger partial charge in [-0.2, -0.15) is 0 Å². The van der Waals surface area contributed by atoms with Crippen molar-refractivity contribution in [3.05, 3.63) is 71.9 Å². The van der Waals surface area contributed by atoms with Gasteiger partial charge in [-0.25, -0.2) is 18.2 Å². The molecule has 0 fully saturated rings. The van der Waals surface area contributed by atoms with E-state index in [0.717, 1.165) is 12.1 Å². The lowest BCUT2D eigenvalue weighted by Gasteiger charge is -2.38. The van der Waals surface area contributed by atoms with Crippen LogP contribution >= 0.6 is 11.8 Å². The Morgan fingerprint density at radius 1 is 1.06 bits per heavy atom. The smallest absolute Gasteiger partial charge is 0.241 e. The highest BCUT2D eigenvalue weighted by molar-refractivity contribution is 7.99. The Labute approximate surface area is 181 Å². The van der Waals surface area contributed by atoms with Gasteiger partial charge in [-0.05, 0) is 56.3 Å². The lowest BCUT2D eigenvalue weighted by Crippen LogP contribution is -2.47. The number of amides is 1. The van der Waals surface area contributed by atoms with E-state index in [0.29, 0.717) is 27.0 Å². The molecule has 1 amide bonds. The van der Waals surface area contributed by atoms with E-state index in [1.54, 1.807) is 29.1 Å². The largest absolute Gasteiger partial charge is 0.322 e. The van der Waals surface area contributed by atoms with Gasteiger partial charge in [0.15, 0.2) is 11.6 Å². The van der Waals surface area contributed by atoms with Gasteiger partial charge >= 0.3 is 0 Å². The quantitative estimate of drug-likeness (QED) is 0.640. The number of fused-ring (bicyclic) bond motifs is 1. The van der Waals surface area contributed by atoms with Gasteiger partial charge in [0.2, 0.25) is 5.91 Å². The summed E-state index contributed by atoms with van der Waals surface area (Å²) >= 11 is 1.19. The number of benzene rings is 2. The van der Waals surface area contributed by atoms with Crippen LogP contribution in [0.15, 0.2) is 58.6 Å². The van der Waals surface area contributed by atoms with Crippen molar-refractivity contribution < 1.29 is 18.0 Å². The Kier molecular flexibility index (Phi) is 5.40.